The molecule has 8 nitrogen and oxygen atoms in total. The van der Waals surface area contributed by atoms with Crippen molar-refractivity contribution in [2.75, 3.05) is 41.0 Å². The molecule has 0 bridgehead atoms. The van der Waals surface area contributed by atoms with E-state index in [-0.39, 0.29) is 36.2 Å². The maximum Gasteiger partial charge on any atom is 0.362 e. The molecule has 0 aliphatic rings. The van der Waals surface area contributed by atoms with E-state index in [1.165, 1.54) is 135 Å². The molecule has 0 aliphatic heterocycles. The Morgan fingerprint density at radius 1 is 0.527 bits per heavy atom. The van der Waals surface area contributed by atoms with E-state index in [9.17, 15) is 19.5 Å². The third kappa shape index (κ3) is 37.2. The lowest BCUT2D eigenvalue weighted by molar-refractivity contribution is -0.887. The van der Waals surface area contributed by atoms with E-state index in [0.29, 0.717) is 25.7 Å². The summed E-state index contributed by atoms with van der Waals surface area (Å²) in [4.78, 5) is 36.9. The first-order valence-corrected chi connectivity index (χ1v) is 22.9. The zero-order valence-electron chi connectivity index (χ0n) is 36.6. The third-order valence-corrected chi connectivity index (χ3v) is 10.3. The molecule has 2 atom stereocenters. The highest BCUT2D eigenvalue weighted by Crippen LogP contribution is 2.15. The van der Waals surface area contributed by atoms with E-state index in [1.54, 1.807) is 0 Å². The Morgan fingerprint density at radius 2 is 0.927 bits per heavy atom. The lowest BCUT2D eigenvalue weighted by Crippen LogP contribution is -2.50. The zero-order valence-corrected chi connectivity index (χ0v) is 36.6. The van der Waals surface area contributed by atoms with Crippen LogP contribution < -0.4 is 0 Å². The SMILES string of the molecule is CCCCCC/C=C/CCCC(=O)OCC(COCCC(C(=O)O)[N+](C)(C)C)OC(=O)CCCCCCCCC/C=C/CCCCCCCCCCCCC. The average Bonchev–Trinajstić information content (AvgIpc) is 3.14. The van der Waals surface area contributed by atoms with Gasteiger partial charge in [-0.15, -0.1) is 0 Å². The number of likely N-dealkylation sites (N-methyl/N-ethyl adjacent to an activating group) is 1. The van der Waals surface area contributed by atoms with Crippen molar-refractivity contribution in [3.05, 3.63) is 24.3 Å². The molecular formula is C47H88NO7+. The predicted octanol–water partition coefficient (Wildman–Crippen LogP) is 12.5. The largest absolute Gasteiger partial charge is 0.477 e. The summed E-state index contributed by atoms with van der Waals surface area (Å²) in [6.45, 7) is 4.68. The smallest absolute Gasteiger partial charge is 0.362 e. The standard InChI is InChI=1S/C47H87NO7/c1-6-8-10-12-14-16-17-18-19-20-21-22-23-24-25-26-27-28-30-32-34-36-38-46(50)55-43(41-53-40-39-44(47(51)52)48(3,4)5)42-54-45(49)37-35-33-31-29-15-13-11-9-7-2/h23-24,29,31,43-44H,6-22,25-28,30,32-42H2,1-5H3/p+1/b24-23+,31-29+. The van der Waals surface area contributed by atoms with Crippen LogP contribution in [0.4, 0.5) is 0 Å². The summed E-state index contributed by atoms with van der Waals surface area (Å²) < 4.78 is 17.2. The van der Waals surface area contributed by atoms with Gasteiger partial charge in [0.05, 0.1) is 34.4 Å². The molecule has 0 radical (unpaired) electrons. The fraction of sp³-hybridized carbons (Fsp3) is 0.851. The maximum atomic E-state index is 12.7. The van der Waals surface area contributed by atoms with Crippen LogP contribution in [-0.2, 0) is 28.6 Å². The summed E-state index contributed by atoms with van der Waals surface area (Å²) in [5.74, 6) is -1.51. The van der Waals surface area contributed by atoms with E-state index in [0.717, 1.165) is 32.1 Å². The molecule has 8 heteroatoms. The van der Waals surface area contributed by atoms with Crippen molar-refractivity contribution in [1.29, 1.82) is 0 Å². The number of carboxylic acids is 1. The second-order valence-corrected chi connectivity index (χ2v) is 16.7. The van der Waals surface area contributed by atoms with Crippen LogP contribution in [0.1, 0.15) is 206 Å². The summed E-state index contributed by atoms with van der Waals surface area (Å²) >= 11 is 0. The molecule has 0 rings (SSSR count). The number of allylic oxidation sites excluding steroid dienone is 4. The Balaban J connectivity index is 4.21. The summed E-state index contributed by atoms with van der Waals surface area (Å²) in [5, 5.41) is 9.60. The molecule has 0 aromatic carbocycles. The van der Waals surface area contributed by atoms with Crippen molar-refractivity contribution in [1.82, 2.24) is 0 Å². The van der Waals surface area contributed by atoms with Crippen LogP contribution >= 0.6 is 0 Å². The number of hydrogen-bond donors (Lipinski definition) is 1. The van der Waals surface area contributed by atoms with Gasteiger partial charge in [0.25, 0.3) is 0 Å². The topological polar surface area (TPSA) is 99.1 Å². The second-order valence-electron chi connectivity index (χ2n) is 16.7. The number of quaternary nitrogens is 1. The highest BCUT2D eigenvalue weighted by atomic mass is 16.6. The zero-order chi connectivity index (χ0) is 40.7. The van der Waals surface area contributed by atoms with Crippen LogP contribution in [0.5, 0.6) is 0 Å². The van der Waals surface area contributed by atoms with Crippen LogP contribution in [0, 0.1) is 0 Å². The molecular weight excluding hydrogens is 691 g/mol. The molecule has 0 saturated carbocycles. The average molecular weight is 779 g/mol. The number of rotatable bonds is 41. The van der Waals surface area contributed by atoms with Crippen LogP contribution in [-0.4, -0.2) is 80.6 Å². The number of aliphatic carboxylic acids is 1. The third-order valence-electron chi connectivity index (χ3n) is 10.3. The molecule has 55 heavy (non-hydrogen) atoms. The fourth-order valence-electron chi connectivity index (χ4n) is 6.74. The van der Waals surface area contributed by atoms with Crippen LogP contribution in [0.2, 0.25) is 0 Å². The van der Waals surface area contributed by atoms with E-state index in [1.807, 2.05) is 21.1 Å². The van der Waals surface area contributed by atoms with E-state index < -0.39 is 18.1 Å². The van der Waals surface area contributed by atoms with Gasteiger partial charge in [0.2, 0.25) is 0 Å². The normalized spacial score (nSPS) is 13.1. The van der Waals surface area contributed by atoms with Gasteiger partial charge in [-0.1, -0.05) is 154 Å². The number of carbonyl (C=O) groups excluding carboxylic acids is 2. The first-order chi connectivity index (χ1) is 26.6. The van der Waals surface area contributed by atoms with Gasteiger partial charge >= 0.3 is 17.9 Å². The molecule has 0 heterocycles. The van der Waals surface area contributed by atoms with Crippen molar-refractivity contribution in [3.63, 3.8) is 0 Å². The minimum atomic E-state index is -0.878. The number of esters is 2. The molecule has 2 unspecified atom stereocenters. The Kier molecular flexibility index (Phi) is 37.1. The molecule has 0 amide bonds. The molecule has 0 aromatic heterocycles. The van der Waals surface area contributed by atoms with Gasteiger partial charge in [0.1, 0.15) is 6.61 Å². The maximum absolute atomic E-state index is 12.7. The van der Waals surface area contributed by atoms with E-state index in [4.69, 9.17) is 14.2 Å². The molecule has 322 valence electrons. The fourth-order valence-corrected chi connectivity index (χ4v) is 6.74. The van der Waals surface area contributed by atoms with Crippen LogP contribution in [0.15, 0.2) is 24.3 Å². The van der Waals surface area contributed by atoms with Gasteiger partial charge in [0, 0.05) is 19.3 Å². The minimum Gasteiger partial charge on any atom is -0.477 e. The summed E-state index contributed by atoms with van der Waals surface area (Å²) in [6.07, 6.45) is 42.4. The first-order valence-electron chi connectivity index (χ1n) is 22.9. The quantitative estimate of drug-likeness (QED) is 0.0285. The predicted molar refractivity (Wildman–Crippen MR) is 229 cm³/mol. The minimum absolute atomic E-state index is 0.0534. The molecule has 0 spiro atoms. The number of nitrogens with zero attached hydrogens (tertiary/aromatic N) is 1. The van der Waals surface area contributed by atoms with Crippen molar-refractivity contribution in [2.24, 2.45) is 0 Å². The highest BCUT2D eigenvalue weighted by Gasteiger charge is 2.31. The molecule has 0 fully saturated rings. The van der Waals surface area contributed by atoms with Crippen LogP contribution in [0.25, 0.3) is 0 Å². The lowest BCUT2D eigenvalue weighted by Gasteiger charge is -2.31. The van der Waals surface area contributed by atoms with Crippen molar-refractivity contribution in [2.45, 2.75) is 219 Å². The number of unbranched alkanes of at least 4 members (excludes halogenated alkanes) is 23. The second kappa shape index (κ2) is 38.7. The number of hydrogen-bond acceptors (Lipinski definition) is 6. The summed E-state index contributed by atoms with van der Waals surface area (Å²) in [6, 6.07) is -0.616. The Labute approximate surface area is 339 Å². The van der Waals surface area contributed by atoms with Crippen molar-refractivity contribution >= 4 is 17.9 Å². The van der Waals surface area contributed by atoms with E-state index in [2.05, 4.69) is 38.2 Å². The Morgan fingerprint density at radius 3 is 1.38 bits per heavy atom. The van der Waals surface area contributed by atoms with Gasteiger partial charge in [-0.05, 0) is 57.8 Å². The molecule has 0 saturated heterocycles. The van der Waals surface area contributed by atoms with E-state index >= 15 is 0 Å². The Hall–Kier alpha value is -2.19. The molecule has 1 N–H and O–H groups in total. The summed E-state index contributed by atoms with van der Waals surface area (Å²) in [5.41, 5.74) is 0. The van der Waals surface area contributed by atoms with Crippen molar-refractivity contribution in [3.8, 4) is 0 Å². The Bertz CT molecular complexity index is 957. The monoisotopic (exact) mass is 779 g/mol. The lowest BCUT2D eigenvalue weighted by atomic mass is 10.0. The number of ether oxygens (including phenoxy) is 3. The summed E-state index contributed by atoms with van der Waals surface area (Å²) in [7, 11) is 5.52. The first kappa shape index (κ1) is 52.8. The molecule has 0 aromatic rings. The molecule has 0 aliphatic carbocycles. The highest BCUT2D eigenvalue weighted by molar-refractivity contribution is 5.72. The van der Waals surface area contributed by atoms with Gasteiger partial charge < -0.3 is 23.8 Å². The van der Waals surface area contributed by atoms with Gasteiger partial charge in [-0.2, -0.15) is 0 Å². The van der Waals surface area contributed by atoms with Gasteiger partial charge in [0.15, 0.2) is 12.1 Å². The number of carboxylic acid groups (broad SMARTS) is 1. The number of carbonyl (C=O) groups is 3. The van der Waals surface area contributed by atoms with Gasteiger partial charge in [-0.25, -0.2) is 4.79 Å². The van der Waals surface area contributed by atoms with Crippen LogP contribution in [0.3, 0.4) is 0 Å². The van der Waals surface area contributed by atoms with Gasteiger partial charge in [-0.3, -0.25) is 9.59 Å². The van der Waals surface area contributed by atoms with Crippen molar-refractivity contribution < 1.29 is 38.2 Å².